The number of benzene rings is 1. The first kappa shape index (κ1) is 21.8. The lowest BCUT2D eigenvalue weighted by Crippen LogP contribution is -2.47. The molecule has 1 aromatic carbocycles. The number of aromatic nitrogens is 4. The number of amides is 1. The van der Waals surface area contributed by atoms with E-state index < -0.39 is 11.4 Å². The van der Waals surface area contributed by atoms with E-state index >= 15 is 4.39 Å². The predicted molar refractivity (Wildman–Crippen MR) is 124 cm³/mol. The highest BCUT2D eigenvalue weighted by atomic mass is 32.1. The molecule has 33 heavy (non-hydrogen) atoms. The third kappa shape index (κ3) is 4.29. The van der Waals surface area contributed by atoms with Gasteiger partial charge in [-0.2, -0.15) is 5.21 Å². The molecule has 1 aliphatic carbocycles. The number of unbranched alkanes of at least 4 members (excludes halogenated alkanes) is 1. The fourth-order valence-corrected chi connectivity index (χ4v) is 5.51. The number of carbonyl (C=O) groups excluding carboxylic acids is 1. The molecule has 0 spiro atoms. The van der Waals surface area contributed by atoms with Crippen LogP contribution in [-0.4, -0.2) is 33.1 Å². The molecule has 0 saturated heterocycles. The standard InChI is InChI=1S/C24H26FN5O2S/c1-3-4-11-32-15-7-8-17(18(25)12-15)24(2)13-16(20-10-9-19(33-20)14-5-6-14)21(23(31)26-24)22-27-29-30-28-22/h7-10,12,14H,3-6,11,13H2,1-2H3,(H,26,31)(H,27,28,29,30)/t24-/m0/s1. The molecule has 1 aliphatic heterocycles. The molecule has 3 aromatic rings. The molecule has 1 amide bonds. The molecule has 9 heteroatoms. The maximum absolute atomic E-state index is 15.2. The van der Waals surface area contributed by atoms with Crippen molar-refractivity contribution in [3.8, 4) is 5.75 Å². The van der Waals surface area contributed by atoms with E-state index in [-0.39, 0.29) is 11.7 Å². The minimum atomic E-state index is -0.935. The Labute approximate surface area is 195 Å². The second-order valence-corrected chi connectivity index (χ2v) is 9.99. The van der Waals surface area contributed by atoms with Crippen molar-refractivity contribution >= 4 is 28.4 Å². The summed E-state index contributed by atoms with van der Waals surface area (Å²) in [6.45, 7) is 4.48. The zero-order valence-electron chi connectivity index (χ0n) is 18.7. The molecule has 5 rings (SSSR count). The van der Waals surface area contributed by atoms with E-state index in [2.05, 4.69) is 38.9 Å². The van der Waals surface area contributed by atoms with E-state index in [1.165, 1.54) is 23.8 Å². The second kappa shape index (κ2) is 8.70. The smallest absolute Gasteiger partial charge is 0.256 e. The second-order valence-electron chi connectivity index (χ2n) is 8.87. The third-order valence-electron chi connectivity index (χ3n) is 6.22. The Bertz CT molecular complexity index is 1200. The van der Waals surface area contributed by atoms with Crippen LogP contribution in [0.1, 0.15) is 73.0 Å². The first-order valence-corrected chi connectivity index (χ1v) is 12.1. The van der Waals surface area contributed by atoms with Crippen LogP contribution in [0, 0.1) is 5.82 Å². The van der Waals surface area contributed by atoms with Crippen molar-refractivity contribution < 1.29 is 13.9 Å². The molecule has 2 N–H and O–H groups in total. The summed E-state index contributed by atoms with van der Waals surface area (Å²) in [6, 6.07) is 9.05. The van der Waals surface area contributed by atoms with Crippen LogP contribution in [0.3, 0.4) is 0 Å². The van der Waals surface area contributed by atoms with Crippen molar-refractivity contribution in [1.29, 1.82) is 0 Å². The fraction of sp³-hybridized carbons (Fsp3) is 0.417. The molecule has 0 radical (unpaired) electrons. The quantitative estimate of drug-likeness (QED) is 0.464. The Morgan fingerprint density at radius 3 is 2.82 bits per heavy atom. The number of thiophene rings is 1. The highest BCUT2D eigenvalue weighted by molar-refractivity contribution is 7.13. The largest absolute Gasteiger partial charge is 0.493 e. The van der Waals surface area contributed by atoms with Gasteiger partial charge in [-0.05, 0) is 61.1 Å². The number of tetrazole rings is 1. The maximum Gasteiger partial charge on any atom is 0.256 e. The van der Waals surface area contributed by atoms with Crippen molar-refractivity contribution in [2.75, 3.05) is 6.61 Å². The van der Waals surface area contributed by atoms with Crippen LogP contribution >= 0.6 is 11.3 Å². The number of rotatable bonds is 8. The van der Waals surface area contributed by atoms with Crippen molar-refractivity contribution in [3.05, 3.63) is 57.3 Å². The summed E-state index contributed by atoms with van der Waals surface area (Å²) in [5.74, 6) is 0.597. The number of hydrogen-bond acceptors (Lipinski definition) is 6. The average molecular weight is 468 g/mol. The molecule has 0 unspecified atom stereocenters. The highest BCUT2D eigenvalue weighted by Gasteiger charge is 2.41. The normalized spacial score (nSPS) is 20.8. The minimum Gasteiger partial charge on any atom is -0.493 e. The first-order chi connectivity index (χ1) is 16.0. The molecule has 3 heterocycles. The van der Waals surface area contributed by atoms with Gasteiger partial charge in [0.1, 0.15) is 11.6 Å². The number of halogens is 1. The lowest BCUT2D eigenvalue weighted by atomic mass is 9.79. The molecule has 1 atom stereocenters. The van der Waals surface area contributed by atoms with Crippen LogP contribution in [0.4, 0.5) is 4.39 Å². The SMILES string of the molecule is CCCCOc1ccc([C@]2(C)CC(c3ccc(C4CC4)s3)=C(c3nn[nH]n3)C(=O)N2)c(F)c1. The number of nitrogens with one attached hydrogen (secondary N) is 2. The average Bonchev–Trinajstić information content (AvgIpc) is 3.28. The maximum atomic E-state index is 15.2. The molecule has 2 aliphatic rings. The summed E-state index contributed by atoms with van der Waals surface area (Å²) in [7, 11) is 0. The van der Waals surface area contributed by atoms with Gasteiger partial charge in [-0.25, -0.2) is 4.39 Å². The van der Waals surface area contributed by atoms with Crippen molar-refractivity contribution in [2.45, 2.75) is 57.4 Å². The van der Waals surface area contributed by atoms with Crippen LogP contribution in [0.5, 0.6) is 5.75 Å². The van der Waals surface area contributed by atoms with Crippen LogP contribution in [-0.2, 0) is 10.3 Å². The van der Waals surface area contributed by atoms with Crippen LogP contribution in [0.2, 0.25) is 0 Å². The van der Waals surface area contributed by atoms with E-state index in [0.29, 0.717) is 35.8 Å². The number of ether oxygens (including phenoxy) is 1. The van der Waals surface area contributed by atoms with Crippen LogP contribution in [0.25, 0.3) is 11.1 Å². The Morgan fingerprint density at radius 2 is 2.12 bits per heavy atom. The van der Waals surface area contributed by atoms with Gasteiger partial charge in [0.2, 0.25) is 5.82 Å². The van der Waals surface area contributed by atoms with E-state index in [0.717, 1.165) is 23.3 Å². The van der Waals surface area contributed by atoms with Gasteiger partial charge in [0.05, 0.1) is 17.7 Å². The van der Waals surface area contributed by atoms with Crippen molar-refractivity contribution in [2.24, 2.45) is 0 Å². The van der Waals surface area contributed by atoms with E-state index in [4.69, 9.17) is 4.74 Å². The Balaban J connectivity index is 1.52. The van der Waals surface area contributed by atoms with Gasteiger partial charge in [0, 0.05) is 27.8 Å². The third-order valence-corrected chi connectivity index (χ3v) is 7.53. The lowest BCUT2D eigenvalue weighted by molar-refractivity contribution is -0.117. The molecular formula is C24H26FN5O2S. The number of nitrogens with zero attached hydrogens (tertiary/aromatic N) is 3. The van der Waals surface area contributed by atoms with Gasteiger partial charge >= 0.3 is 0 Å². The first-order valence-electron chi connectivity index (χ1n) is 11.3. The van der Waals surface area contributed by atoms with Gasteiger partial charge < -0.3 is 10.1 Å². The molecule has 2 aromatic heterocycles. The number of aromatic amines is 1. The fourth-order valence-electron chi connectivity index (χ4n) is 4.28. The Kier molecular flexibility index (Phi) is 5.74. The molecule has 1 saturated carbocycles. The number of hydrogen-bond donors (Lipinski definition) is 2. The summed E-state index contributed by atoms with van der Waals surface area (Å²) < 4.78 is 20.9. The lowest BCUT2D eigenvalue weighted by Gasteiger charge is -2.37. The summed E-state index contributed by atoms with van der Waals surface area (Å²) >= 11 is 1.69. The molecule has 7 nitrogen and oxygen atoms in total. The van der Waals surface area contributed by atoms with E-state index in [1.54, 1.807) is 23.5 Å². The van der Waals surface area contributed by atoms with Gasteiger partial charge in [0.15, 0.2) is 0 Å². The van der Waals surface area contributed by atoms with Crippen LogP contribution in [0.15, 0.2) is 30.3 Å². The predicted octanol–water partition coefficient (Wildman–Crippen LogP) is 4.80. The Morgan fingerprint density at radius 1 is 1.27 bits per heavy atom. The zero-order valence-corrected chi connectivity index (χ0v) is 19.5. The minimum absolute atomic E-state index is 0.242. The molecule has 0 bridgehead atoms. The monoisotopic (exact) mass is 467 g/mol. The summed E-state index contributed by atoms with van der Waals surface area (Å²) in [5.41, 5.74) is 0.671. The topological polar surface area (TPSA) is 92.8 Å². The summed E-state index contributed by atoms with van der Waals surface area (Å²) in [4.78, 5) is 15.6. The summed E-state index contributed by atoms with van der Waals surface area (Å²) in [6.07, 6.45) is 4.72. The zero-order chi connectivity index (χ0) is 23.0. The molecule has 172 valence electrons. The highest BCUT2D eigenvalue weighted by Crippen LogP contribution is 2.48. The van der Waals surface area contributed by atoms with Gasteiger partial charge in [-0.3, -0.25) is 4.79 Å². The van der Waals surface area contributed by atoms with Gasteiger partial charge in [-0.15, -0.1) is 21.5 Å². The molecule has 1 fully saturated rings. The summed E-state index contributed by atoms with van der Waals surface area (Å²) in [5, 5.41) is 17.2. The number of carbonyl (C=O) groups is 1. The van der Waals surface area contributed by atoms with Crippen LogP contribution < -0.4 is 10.1 Å². The van der Waals surface area contributed by atoms with Gasteiger partial charge in [-0.1, -0.05) is 19.4 Å². The van der Waals surface area contributed by atoms with Crippen molar-refractivity contribution in [1.82, 2.24) is 25.9 Å². The van der Waals surface area contributed by atoms with Crippen molar-refractivity contribution in [3.63, 3.8) is 0 Å². The number of H-pyrrole nitrogens is 1. The van der Waals surface area contributed by atoms with E-state index in [9.17, 15) is 4.79 Å². The van der Waals surface area contributed by atoms with E-state index in [1.807, 2.05) is 13.0 Å². The van der Waals surface area contributed by atoms with Gasteiger partial charge in [0.25, 0.3) is 5.91 Å². The Hall–Kier alpha value is -3.07. The molecular weight excluding hydrogens is 441 g/mol.